The lowest BCUT2D eigenvalue weighted by Crippen LogP contribution is -2.36. The van der Waals surface area contributed by atoms with Crippen LogP contribution in [-0.4, -0.2) is 58.5 Å². The van der Waals surface area contributed by atoms with Crippen LogP contribution in [-0.2, 0) is 29.3 Å². The van der Waals surface area contributed by atoms with Gasteiger partial charge in [-0.3, -0.25) is 18.9 Å². The fourth-order valence-electron chi connectivity index (χ4n) is 3.69. The highest BCUT2D eigenvalue weighted by atomic mass is 33.1. The molecule has 3 amide bonds. The van der Waals surface area contributed by atoms with Gasteiger partial charge in [0, 0.05) is 24.1 Å². The van der Waals surface area contributed by atoms with E-state index in [1.54, 1.807) is 6.20 Å². The molecule has 2 N–H and O–H groups in total. The quantitative estimate of drug-likeness (QED) is 0.164. The number of aryl methyl sites for hydroxylation is 2. The van der Waals surface area contributed by atoms with Gasteiger partial charge in [-0.1, -0.05) is 29.3 Å². The second-order valence-electron chi connectivity index (χ2n) is 8.55. The summed E-state index contributed by atoms with van der Waals surface area (Å²) < 4.78 is 31.3. The van der Waals surface area contributed by atoms with Crippen LogP contribution in [0, 0.1) is 13.8 Å². The predicted octanol–water partition coefficient (Wildman–Crippen LogP) is 3.26. The molecule has 1 saturated heterocycles. The minimum Gasteiger partial charge on any atom is -0.352 e. The number of nitrogens with zero attached hydrogens (tertiary/aromatic N) is 2. The van der Waals surface area contributed by atoms with Crippen LogP contribution in [0.2, 0.25) is 0 Å². The Bertz CT molecular complexity index is 1320. The summed E-state index contributed by atoms with van der Waals surface area (Å²) in [5.41, 5.74) is 2.49. The molecule has 0 spiro atoms. The largest absolute Gasteiger partial charge is 0.352 e. The lowest BCUT2D eigenvalue weighted by Gasteiger charge is -2.14. The SMILES string of the molecule is Cc1cc(C)c(C(=O)NCCCCCC(=O)ON2C(=O)CC(S(=O)(=O)O)C2=O)c(SSc2ccccn2)c1. The Morgan fingerprint density at radius 3 is 2.58 bits per heavy atom. The van der Waals surface area contributed by atoms with E-state index in [1.807, 2.05) is 44.2 Å². The Balaban J connectivity index is 1.43. The number of hydroxylamine groups is 2. The molecule has 14 heteroatoms. The minimum atomic E-state index is -4.77. The highest BCUT2D eigenvalue weighted by Gasteiger charge is 2.48. The van der Waals surface area contributed by atoms with Crippen molar-refractivity contribution in [1.82, 2.24) is 15.4 Å². The molecule has 0 aliphatic carbocycles. The molecule has 38 heavy (non-hydrogen) atoms. The summed E-state index contributed by atoms with van der Waals surface area (Å²) in [4.78, 5) is 58.4. The molecule has 1 unspecified atom stereocenters. The van der Waals surface area contributed by atoms with Crippen molar-refractivity contribution < 1.29 is 37.0 Å². The van der Waals surface area contributed by atoms with Crippen LogP contribution in [0.15, 0.2) is 46.5 Å². The predicted molar refractivity (Wildman–Crippen MR) is 141 cm³/mol. The maximum atomic E-state index is 12.9. The number of carbonyl (C=O) groups excluding carboxylic acids is 4. The zero-order valence-corrected chi connectivity index (χ0v) is 23.2. The molecule has 2 aromatic rings. The van der Waals surface area contributed by atoms with E-state index in [-0.39, 0.29) is 17.4 Å². The Kier molecular flexibility index (Phi) is 10.3. The summed E-state index contributed by atoms with van der Waals surface area (Å²) in [5.74, 6) is -3.40. The highest BCUT2D eigenvalue weighted by Crippen LogP contribution is 2.39. The monoisotopic (exact) mass is 581 g/mol. The Morgan fingerprint density at radius 1 is 1.16 bits per heavy atom. The first kappa shape index (κ1) is 29.6. The van der Waals surface area contributed by atoms with E-state index in [0.717, 1.165) is 21.0 Å². The van der Waals surface area contributed by atoms with Crippen LogP contribution < -0.4 is 5.32 Å². The van der Waals surface area contributed by atoms with Crippen molar-refractivity contribution >= 4 is 55.4 Å². The van der Waals surface area contributed by atoms with Crippen molar-refractivity contribution in [3.8, 4) is 0 Å². The van der Waals surface area contributed by atoms with Crippen molar-refractivity contribution in [3.63, 3.8) is 0 Å². The highest BCUT2D eigenvalue weighted by molar-refractivity contribution is 8.76. The van der Waals surface area contributed by atoms with Gasteiger partial charge in [-0.2, -0.15) is 8.42 Å². The normalized spacial score (nSPS) is 15.6. The number of pyridine rings is 1. The van der Waals surface area contributed by atoms with Crippen LogP contribution in [0.25, 0.3) is 0 Å². The van der Waals surface area contributed by atoms with Crippen LogP contribution in [0.5, 0.6) is 0 Å². The molecule has 2 heterocycles. The van der Waals surface area contributed by atoms with Crippen molar-refractivity contribution in [3.05, 3.63) is 53.2 Å². The molecule has 1 aromatic heterocycles. The standard InChI is InChI=1S/C24H27N3O8S3/c1-15-12-16(2)22(17(13-15)36-37-19-8-5-7-10-25-19)23(30)26-11-6-3-4-9-21(29)35-27-20(28)14-18(24(27)31)38(32,33)34/h5,7-8,10,12-13,18H,3-4,6,9,11,14H2,1-2H3,(H,26,30)(H,32,33,34). The summed E-state index contributed by atoms with van der Waals surface area (Å²) in [5, 5.41) is 1.86. The first-order chi connectivity index (χ1) is 18.0. The molecule has 0 radical (unpaired) electrons. The lowest BCUT2D eigenvalue weighted by molar-refractivity contribution is -0.197. The maximum absolute atomic E-state index is 12.9. The zero-order valence-electron chi connectivity index (χ0n) is 20.7. The molecule has 1 fully saturated rings. The molecule has 0 bridgehead atoms. The molecule has 1 atom stereocenters. The van der Waals surface area contributed by atoms with Gasteiger partial charge in [0.25, 0.3) is 27.8 Å². The second-order valence-corrected chi connectivity index (χ2v) is 12.3. The number of hydrogen-bond donors (Lipinski definition) is 2. The van der Waals surface area contributed by atoms with E-state index in [9.17, 15) is 27.6 Å². The first-order valence-corrected chi connectivity index (χ1v) is 15.3. The second kappa shape index (κ2) is 13.2. The number of carbonyl (C=O) groups is 4. The van der Waals surface area contributed by atoms with E-state index in [0.29, 0.717) is 31.4 Å². The first-order valence-electron chi connectivity index (χ1n) is 11.7. The molecule has 1 aromatic carbocycles. The Morgan fingerprint density at radius 2 is 1.92 bits per heavy atom. The lowest BCUT2D eigenvalue weighted by atomic mass is 10.0. The van der Waals surface area contributed by atoms with Crippen LogP contribution >= 0.6 is 21.6 Å². The van der Waals surface area contributed by atoms with Gasteiger partial charge in [0.15, 0.2) is 5.25 Å². The number of imide groups is 1. The summed E-state index contributed by atoms with van der Waals surface area (Å²) in [6.07, 6.45) is 2.29. The van der Waals surface area contributed by atoms with Gasteiger partial charge in [0.2, 0.25) is 0 Å². The number of aromatic nitrogens is 1. The van der Waals surface area contributed by atoms with Crippen molar-refractivity contribution in [1.29, 1.82) is 0 Å². The van der Waals surface area contributed by atoms with Crippen molar-refractivity contribution in [2.24, 2.45) is 0 Å². The third-order valence-corrected chi connectivity index (χ3v) is 8.87. The fourth-order valence-corrected chi connectivity index (χ4v) is 6.59. The van der Waals surface area contributed by atoms with Crippen LogP contribution in [0.3, 0.4) is 0 Å². The molecule has 1 aliphatic rings. The van der Waals surface area contributed by atoms with Gasteiger partial charge >= 0.3 is 5.97 Å². The van der Waals surface area contributed by atoms with Gasteiger partial charge < -0.3 is 10.2 Å². The van der Waals surface area contributed by atoms with Gasteiger partial charge in [0.05, 0.1) is 12.0 Å². The van der Waals surface area contributed by atoms with Gasteiger partial charge in [-0.05, 0) is 66.8 Å². The molecule has 3 rings (SSSR count). The smallest absolute Gasteiger partial charge is 0.333 e. The molecular formula is C24H27N3O8S3. The van der Waals surface area contributed by atoms with E-state index >= 15 is 0 Å². The van der Waals surface area contributed by atoms with Gasteiger partial charge in [-0.25, -0.2) is 9.78 Å². The number of hydrogen-bond acceptors (Lipinski definition) is 10. The number of unbranched alkanes of at least 4 members (excludes halogenated alkanes) is 2. The number of amides is 3. The van der Waals surface area contributed by atoms with Crippen LogP contribution in [0.4, 0.5) is 0 Å². The summed E-state index contributed by atoms with van der Waals surface area (Å²) in [7, 11) is -1.84. The number of nitrogens with one attached hydrogen (secondary N) is 1. The summed E-state index contributed by atoms with van der Waals surface area (Å²) >= 11 is 0. The van der Waals surface area contributed by atoms with Crippen molar-refractivity contribution in [2.45, 2.75) is 61.1 Å². The van der Waals surface area contributed by atoms with Crippen molar-refractivity contribution in [2.75, 3.05) is 6.54 Å². The third kappa shape index (κ3) is 8.03. The van der Waals surface area contributed by atoms with Crippen LogP contribution in [0.1, 0.15) is 53.6 Å². The summed E-state index contributed by atoms with van der Waals surface area (Å²) in [6, 6.07) is 9.54. The molecule has 0 saturated carbocycles. The average Bonchev–Trinajstić information content (AvgIpc) is 3.13. The fraction of sp³-hybridized carbons (Fsp3) is 0.375. The van der Waals surface area contributed by atoms with E-state index < -0.39 is 39.6 Å². The maximum Gasteiger partial charge on any atom is 0.333 e. The Labute approximate surface area is 228 Å². The van der Waals surface area contributed by atoms with E-state index in [1.165, 1.54) is 21.6 Å². The van der Waals surface area contributed by atoms with E-state index in [4.69, 9.17) is 9.39 Å². The third-order valence-electron chi connectivity index (χ3n) is 5.48. The Hall–Kier alpha value is -2.94. The minimum absolute atomic E-state index is 0.0899. The van der Waals surface area contributed by atoms with E-state index in [2.05, 4.69) is 10.3 Å². The average molecular weight is 582 g/mol. The topological polar surface area (TPSA) is 160 Å². The number of benzene rings is 1. The molecule has 11 nitrogen and oxygen atoms in total. The number of rotatable bonds is 12. The van der Waals surface area contributed by atoms with Gasteiger partial charge in [-0.15, -0.1) is 5.06 Å². The molecular weight excluding hydrogens is 554 g/mol. The van der Waals surface area contributed by atoms with Gasteiger partial charge in [0.1, 0.15) is 5.03 Å². The molecule has 204 valence electrons. The summed E-state index contributed by atoms with van der Waals surface area (Å²) in [6.45, 7) is 4.23. The zero-order chi connectivity index (χ0) is 27.9. The molecule has 1 aliphatic heterocycles.